The molecule has 0 spiro atoms. The highest BCUT2D eigenvalue weighted by molar-refractivity contribution is 5.94. The number of nitrogens with two attached hydrogens (primary N) is 2. The van der Waals surface area contributed by atoms with E-state index in [1.165, 1.54) is 32.7 Å². The van der Waals surface area contributed by atoms with E-state index in [0.29, 0.717) is 11.8 Å². The summed E-state index contributed by atoms with van der Waals surface area (Å²) in [6.07, 6.45) is 3.75. The molecule has 0 fully saturated rings. The summed E-state index contributed by atoms with van der Waals surface area (Å²) in [4.78, 5) is 15.9. The van der Waals surface area contributed by atoms with Crippen LogP contribution in [0.2, 0.25) is 0 Å². The molecule has 0 aliphatic carbocycles. The van der Waals surface area contributed by atoms with Crippen molar-refractivity contribution in [1.29, 1.82) is 0 Å². The highest BCUT2D eigenvalue weighted by Crippen LogP contribution is 2.32. The highest BCUT2D eigenvalue weighted by atomic mass is 15.0. The monoisotopic (exact) mass is 528 g/mol. The topological polar surface area (TPSA) is 109 Å². The van der Waals surface area contributed by atoms with Crippen molar-refractivity contribution >= 4 is 21.5 Å². The van der Waals surface area contributed by atoms with Crippen molar-refractivity contribution in [3.63, 3.8) is 0 Å². The van der Waals surface area contributed by atoms with E-state index in [2.05, 4.69) is 120 Å². The number of benzene rings is 4. The van der Waals surface area contributed by atoms with E-state index in [4.69, 9.17) is 11.5 Å². The van der Waals surface area contributed by atoms with Crippen LogP contribution in [0.1, 0.15) is 51.4 Å². The van der Waals surface area contributed by atoms with E-state index in [1.807, 2.05) is 12.4 Å². The number of aromatic amines is 2. The average molecular weight is 529 g/mol. The predicted octanol–water partition coefficient (Wildman–Crippen LogP) is 7.75. The molecule has 0 unspecified atom stereocenters. The first-order valence-corrected chi connectivity index (χ1v) is 14.0. The number of nitrogens with one attached hydrogen (secondary N) is 2. The Morgan fingerprint density at radius 2 is 0.825 bits per heavy atom. The molecule has 0 saturated carbocycles. The lowest BCUT2D eigenvalue weighted by Gasteiger charge is -2.12. The lowest BCUT2D eigenvalue weighted by Crippen LogP contribution is -2.18. The summed E-state index contributed by atoms with van der Waals surface area (Å²) >= 11 is 0. The quantitative estimate of drug-likeness (QED) is 0.170. The smallest absolute Gasteiger partial charge is 0.123 e. The Labute approximate surface area is 234 Å². The number of H-pyrrole nitrogens is 2. The Balaban J connectivity index is 1.26. The van der Waals surface area contributed by atoms with Crippen molar-refractivity contribution in [3.8, 4) is 33.6 Å². The van der Waals surface area contributed by atoms with Gasteiger partial charge in [0, 0.05) is 11.1 Å². The van der Waals surface area contributed by atoms with Gasteiger partial charge in [-0.15, -0.1) is 0 Å². The molecule has 6 N–H and O–H groups in total. The van der Waals surface area contributed by atoms with E-state index in [9.17, 15) is 0 Å². The molecule has 2 atom stereocenters. The number of hydrogen-bond acceptors (Lipinski definition) is 4. The zero-order valence-electron chi connectivity index (χ0n) is 23.4. The van der Waals surface area contributed by atoms with Crippen LogP contribution in [0.25, 0.3) is 55.2 Å². The summed E-state index contributed by atoms with van der Waals surface area (Å²) in [6, 6.07) is 26.1. The van der Waals surface area contributed by atoms with Gasteiger partial charge >= 0.3 is 0 Å². The molecule has 2 aromatic heterocycles. The van der Waals surface area contributed by atoms with Gasteiger partial charge in [0.2, 0.25) is 0 Å². The van der Waals surface area contributed by atoms with Gasteiger partial charge < -0.3 is 21.4 Å². The molecule has 0 aliphatic heterocycles. The van der Waals surface area contributed by atoms with Crippen LogP contribution in [0.5, 0.6) is 0 Å². The fraction of sp³-hybridized carbons (Fsp3) is 0.235. The lowest BCUT2D eigenvalue weighted by molar-refractivity contribution is 0.494. The molecule has 6 nitrogen and oxygen atoms in total. The predicted molar refractivity (Wildman–Crippen MR) is 166 cm³/mol. The zero-order chi connectivity index (χ0) is 28.0. The molecule has 0 saturated heterocycles. The Bertz CT molecular complexity index is 1680. The van der Waals surface area contributed by atoms with Crippen molar-refractivity contribution in [1.82, 2.24) is 19.9 Å². The molecule has 6 heteroatoms. The van der Waals surface area contributed by atoms with Crippen LogP contribution in [-0.4, -0.2) is 19.9 Å². The molecular formula is C34H36N6. The second kappa shape index (κ2) is 10.4. The largest absolute Gasteiger partial charge is 0.341 e. The standard InChI is InChI=1S/C34H36N6/c1-19(2)31(35)33-37-17-29(39-33)27-11-9-23-13-21(5-7-25(23)15-27)22-6-8-26-16-28(12-10-24(26)14-22)30-18-38-34(40-30)32(36)20(3)4/h5-20,31-32H,35-36H2,1-4H3,(H,37,39)(H,38,40)/t31-,32-/m0/s1. The van der Waals surface area contributed by atoms with Gasteiger partial charge in [-0.25, -0.2) is 9.97 Å². The molecule has 6 aromatic rings. The highest BCUT2D eigenvalue weighted by Gasteiger charge is 2.16. The third kappa shape index (κ3) is 4.92. The summed E-state index contributed by atoms with van der Waals surface area (Å²) in [5.41, 5.74) is 19.1. The Morgan fingerprint density at radius 3 is 1.18 bits per heavy atom. The van der Waals surface area contributed by atoms with E-state index < -0.39 is 0 Å². The number of nitrogens with zero attached hydrogens (tertiary/aromatic N) is 2. The summed E-state index contributed by atoms with van der Waals surface area (Å²) in [5, 5.41) is 4.77. The molecule has 2 heterocycles. The van der Waals surface area contributed by atoms with Crippen LogP contribution >= 0.6 is 0 Å². The summed E-state index contributed by atoms with van der Waals surface area (Å²) in [6.45, 7) is 8.42. The molecule has 202 valence electrons. The molecular weight excluding hydrogens is 492 g/mol. The molecule has 6 rings (SSSR count). The minimum Gasteiger partial charge on any atom is -0.341 e. The first-order valence-electron chi connectivity index (χ1n) is 14.0. The number of aromatic nitrogens is 4. The van der Waals surface area contributed by atoms with Gasteiger partial charge in [0.15, 0.2) is 0 Å². The van der Waals surface area contributed by atoms with Gasteiger partial charge in [-0.1, -0.05) is 76.2 Å². The van der Waals surface area contributed by atoms with Gasteiger partial charge in [0.05, 0.1) is 35.9 Å². The van der Waals surface area contributed by atoms with Gasteiger partial charge in [0.1, 0.15) is 11.6 Å². The van der Waals surface area contributed by atoms with Gasteiger partial charge in [-0.05, 0) is 68.8 Å². The minimum atomic E-state index is -0.0997. The molecule has 4 aromatic carbocycles. The number of fused-ring (bicyclic) bond motifs is 2. The zero-order valence-corrected chi connectivity index (χ0v) is 23.4. The molecule has 0 radical (unpaired) electrons. The Kier molecular flexibility index (Phi) is 6.74. The average Bonchev–Trinajstić information content (AvgIpc) is 3.66. The summed E-state index contributed by atoms with van der Waals surface area (Å²) in [7, 11) is 0. The SMILES string of the molecule is CC(C)[C@H](N)c1ncc(-c2ccc3cc(-c4ccc5cc(-c6cnc([C@@H](N)C(C)C)[nH]6)ccc5c4)ccc3c2)[nH]1. The molecule has 0 bridgehead atoms. The van der Waals surface area contributed by atoms with E-state index in [0.717, 1.165) is 34.2 Å². The second-order valence-electron chi connectivity index (χ2n) is 11.5. The molecule has 0 amide bonds. The number of rotatable bonds is 7. The second-order valence-corrected chi connectivity index (χ2v) is 11.5. The third-order valence-electron chi connectivity index (χ3n) is 7.89. The fourth-order valence-electron chi connectivity index (χ4n) is 5.12. The van der Waals surface area contributed by atoms with E-state index in [-0.39, 0.29) is 12.1 Å². The Morgan fingerprint density at radius 1 is 0.500 bits per heavy atom. The number of hydrogen-bond donors (Lipinski definition) is 4. The van der Waals surface area contributed by atoms with Crippen LogP contribution < -0.4 is 11.5 Å². The first-order chi connectivity index (χ1) is 19.3. The summed E-state index contributed by atoms with van der Waals surface area (Å²) < 4.78 is 0. The minimum absolute atomic E-state index is 0.0997. The number of imidazole rings is 2. The van der Waals surface area contributed by atoms with E-state index in [1.54, 1.807) is 0 Å². The molecule has 40 heavy (non-hydrogen) atoms. The third-order valence-corrected chi connectivity index (χ3v) is 7.89. The van der Waals surface area contributed by atoms with Gasteiger partial charge in [-0.2, -0.15) is 0 Å². The normalized spacial score (nSPS) is 13.5. The lowest BCUT2D eigenvalue weighted by atomic mass is 9.97. The first kappa shape index (κ1) is 26.0. The van der Waals surface area contributed by atoms with Crippen molar-refractivity contribution in [2.45, 2.75) is 39.8 Å². The van der Waals surface area contributed by atoms with Crippen LogP contribution in [-0.2, 0) is 0 Å². The van der Waals surface area contributed by atoms with Crippen molar-refractivity contribution < 1.29 is 0 Å². The van der Waals surface area contributed by atoms with Gasteiger partial charge in [0.25, 0.3) is 0 Å². The van der Waals surface area contributed by atoms with Crippen LogP contribution in [0.4, 0.5) is 0 Å². The van der Waals surface area contributed by atoms with Crippen LogP contribution in [0, 0.1) is 11.8 Å². The maximum atomic E-state index is 6.28. The van der Waals surface area contributed by atoms with Crippen molar-refractivity contribution in [2.24, 2.45) is 23.3 Å². The van der Waals surface area contributed by atoms with Crippen LogP contribution in [0.15, 0.2) is 85.2 Å². The van der Waals surface area contributed by atoms with Crippen LogP contribution in [0.3, 0.4) is 0 Å². The maximum Gasteiger partial charge on any atom is 0.123 e. The van der Waals surface area contributed by atoms with Crippen molar-refractivity contribution in [3.05, 3.63) is 96.8 Å². The van der Waals surface area contributed by atoms with Crippen molar-refractivity contribution in [2.75, 3.05) is 0 Å². The van der Waals surface area contributed by atoms with E-state index >= 15 is 0 Å². The maximum absolute atomic E-state index is 6.28. The van der Waals surface area contributed by atoms with Gasteiger partial charge in [-0.3, -0.25) is 0 Å². The molecule has 0 aliphatic rings. The summed E-state index contributed by atoms with van der Waals surface area (Å²) in [5.74, 6) is 2.30. The Hall–Kier alpha value is -4.26. The fourth-order valence-corrected chi connectivity index (χ4v) is 5.12.